The summed E-state index contributed by atoms with van der Waals surface area (Å²) in [5, 5.41) is 4.44. The van der Waals surface area contributed by atoms with Crippen LogP contribution >= 0.6 is 11.3 Å². The van der Waals surface area contributed by atoms with E-state index in [2.05, 4.69) is 46.8 Å². The minimum atomic E-state index is 0.227. The fraction of sp³-hybridized carbons (Fsp3) is 0.538. The van der Waals surface area contributed by atoms with E-state index in [1.165, 1.54) is 4.88 Å². The van der Waals surface area contributed by atoms with Gasteiger partial charge in [-0.15, -0.1) is 11.3 Å². The van der Waals surface area contributed by atoms with E-state index in [0.29, 0.717) is 0 Å². The third-order valence-corrected chi connectivity index (χ3v) is 4.19. The highest BCUT2D eigenvalue weighted by Gasteiger charge is 2.16. The average molecular weight is 264 g/mol. The number of aromatic nitrogens is 3. The summed E-state index contributed by atoms with van der Waals surface area (Å²) in [5.41, 5.74) is 1.03. The van der Waals surface area contributed by atoms with Gasteiger partial charge < -0.3 is 9.88 Å². The second-order valence-corrected chi connectivity index (χ2v) is 5.48. The highest BCUT2D eigenvalue weighted by molar-refractivity contribution is 7.11. The van der Waals surface area contributed by atoms with Gasteiger partial charge in [0.25, 0.3) is 0 Å². The molecule has 0 aliphatic rings. The largest absolute Gasteiger partial charge is 0.356 e. The zero-order chi connectivity index (χ0) is 13.1. The molecular formula is C13H20N4S. The number of thiazole rings is 1. The van der Waals surface area contributed by atoms with Gasteiger partial charge in [0.2, 0.25) is 5.95 Å². The minimum Gasteiger partial charge on any atom is -0.356 e. The fourth-order valence-corrected chi connectivity index (χ4v) is 2.81. The van der Waals surface area contributed by atoms with E-state index >= 15 is 0 Å². The highest BCUT2D eigenvalue weighted by atomic mass is 32.1. The highest BCUT2D eigenvalue weighted by Crippen LogP contribution is 2.26. The van der Waals surface area contributed by atoms with Crippen molar-refractivity contribution < 1.29 is 0 Å². The molecule has 0 aliphatic carbocycles. The second kappa shape index (κ2) is 5.52. The van der Waals surface area contributed by atoms with Crippen LogP contribution < -0.4 is 5.32 Å². The van der Waals surface area contributed by atoms with E-state index in [-0.39, 0.29) is 6.04 Å². The summed E-state index contributed by atoms with van der Waals surface area (Å²) in [5.74, 6) is 0.927. The molecule has 1 atom stereocenters. The Morgan fingerprint density at radius 1 is 1.44 bits per heavy atom. The van der Waals surface area contributed by atoms with Crippen LogP contribution in [0.25, 0.3) is 0 Å². The maximum Gasteiger partial charge on any atom is 0.203 e. The quantitative estimate of drug-likeness (QED) is 0.901. The molecule has 0 saturated heterocycles. The Morgan fingerprint density at radius 3 is 2.83 bits per heavy atom. The first-order chi connectivity index (χ1) is 8.65. The van der Waals surface area contributed by atoms with E-state index < -0.39 is 0 Å². The number of hydrogen-bond acceptors (Lipinski definition) is 4. The van der Waals surface area contributed by atoms with Crippen LogP contribution in [0.5, 0.6) is 0 Å². The van der Waals surface area contributed by atoms with Crippen molar-refractivity contribution in [1.82, 2.24) is 14.5 Å². The van der Waals surface area contributed by atoms with Crippen LogP contribution in [0.1, 0.15) is 42.4 Å². The van der Waals surface area contributed by atoms with E-state index in [0.717, 1.165) is 29.6 Å². The third kappa shape index (κ3) is 2.56. The van der Waals surface area contributed by atoms with Crippen molar-refractivity contribution in [2.45, 2.75) is 40.2 Å². The summed E-state index contributed by atoms with van der Waals surface area (Å²) >= 11 is 1.78. The van der Waals surface area contributed by atoms with Gasteiger partial charge >= 0.3 is 0 Å². The van der Waals surface area contributed by atoms with Gasteiger partial charge in [-0.2, -0.15) is 0 Å². The van der Waals surface area contributed by atoms with Gasteiger partial charge in [0.1, 0.15) is 5.01 Å². The molecule has 1 N–H and O–H groups in total. The Morgan fingerprint density at radius 2 is 2.22 bits per heavy atom. The smallest absolute Gasteiger partial charge is 0.203 e. The van der Waals surface area contributed by atoms with Gasteiger partial charge in [0.15, 0.2) is 0 Å². The molecule has 1 unspecified atom stereocenters. The first kappa shape index (κ1) is 13.1. The monoisotopic (exact) mass is 264 g/mol. The van der Waals surface area contributed by atoms with Crippen molar-refractivity contribution in [3.63, 3.8) is 0 Å². The topological polar surface area (TPSA) is 42.7 Å². The molecule has 0 bridgehead atoms. The van der Waals surface area contributed by atoms with Gasteiger partial charge in [0.05, 0.1) is 11.7 Å². The van der Waals surface area contributed by atoms with Crippen LogP contribution in [0, 0.1) is 6.92 Å². The van der Waals surface area contributed by atoms with Crippen molar-refractivity contribution >= 4 is 17.3 Å². The molecule has 0 amide bonds. The van der Waals surface area contributed by atoms with Crippen LogP contribution in [-0.4, -0.2) is 21.1 Å². The van der Waals surface area contributed by atoms with Crippen molar-refractivity contribution in [3.05, 3.63) is 28.0 Å². The summed E-state index contributed by atoms with van der Waals surface area (Å²) in [6, 6.07) is 0.227. The van der Waals surface area contributed by atoms with Crippen molar-refractivity contribution in [3.8, 4) is 0 Å². The number of imidazole rings is 1. The Labute approximate surface area is 112 Å². The number of anilines is 1. The SMILES string of the molecule is CCNc1nc(C)cn1C(C)c1ncc(CC)s1. The lowest BCUT2D eigenvalue weighted by Crippen LogP contribution is -2.11. The molecule has 0 radical (unpaired) electrons. The molecule has 98 valence electrons. The van der Waals surface area contributed by atoms with E-state index in [9.17, 15) is 0 Å². The van der Waals surface area contributed by atoms with Crippen LogP contribution in [0.15, 0.2) is 12.4 Å². The molecule has 2 heterocycles. The standard InChI is InChI=1S/C13H20N4S/c1-5-11-7-15-12(18-11)10(4)17-8-9(3)16-13(17)14-6-2/h7-8,10H,5-6H2,1-4H3,(H,14,16). The second-order valence-electron chi connectivity index (χ2n) is 4.34. The van der Waals surface area contributed by atoms with Crippen LogP contribution in [0.3, 0.4) is 0 Å². The fourth-order valence-electron chi connectivity index (χ4n) is 1.90. The predicted octanol–water partition coefficient (Wildman–Crippen LogP) is 3.25. The number of nitrogens with one attached hydrogen (secondary N) is 1. The molecule has 2 aromatic rings. The number of nitrogens with zero attached hydrogens (tertiary/aromatic N) is 3. The lowest BCUT2D eigenvalue weighted by atomic mass is 10.3. The Kier molecular flexibility index (Phi) is 4.01. The maximum atomic E-state index is 4.52. The van der Waals surface area contributed by atoms with E-state index in [1.807, 2.05) is 13.1 Å². The number of hydrogen-bond donors (Lipinski definition) is 1. The van der Waals surface area contributed by atoms with Crippen LogP contribution in [0.4, 0.5) is 5.95 Å². The zero-order valence-corrected chi connectivity index (χ0v) is 12.2. The minimum absolute atomic E-state index is 0.227. The Balaban J connectivity index is 2.29. The summed E-state index contributed by atoms with van der Waals surface area (Å²) in [4.78, 5) is 10.4. The molecule has 2 aromatic heterocycles. The predicted molar refractivity (Wildman–Crippen MR) is 76.4 cm³/mol. The molecule has 0 saturated carbocycles. The van der Waals surface area contributed by atoms with Gasteiger partial charge in [-0.05, 0) is 27.2 Å². The van der Waals surface area contributed by atoms with Gasteiger partial charge in [-0.1, -0.05) is 6.92 Å². The normalized spacial score (nSPS) is 12.7. The zero-order valence-electron chi connectivity index (χ0n) is 11.4. The van der Waals surface area contributed by atoms with Crippen molar-refractivity contribution in [2.24, 2.45) is 0 Å². The molecular weight excluding hydrogens is 244 g/mol. The van der Waals surface area contributed by atoms with E-state index in [1.54, 1.807) is 11.3 Å². The lowest BCUT2D eigenvalue weighted by molar-refractivity contribution is 0.639. The molecule has 2 rings (SSSR count). The molecule has 18 heavy (non-hydrogen) atoms. The first-order valence-corrected chi connectivity index (χ1v) is 7.21. The average Bonchev–Trinajstić information content (AvgIpc) is 2.95. The molecule has 5 heteroatoms. The number of aryl methyl sites for hydroxylation is 2. The summed E-state index contributed by atoms with van der Waals surface area (Å²) in [6.45, 7) is 9.30. The molecule has 4 nitrogen and oxygen atoms in total. The molecule has 0 fully saturated rings. The summed E-state index contributed by atoms with van der Waals surface area (Å²) < 4.78 is 2.16. The Bertz CT molecular complexity index is 515. The number of rotatable bonds is 5. The molecule has 0 aromatic carbocycles. The van der Waals surface area contributed by atoms with Gasteiger partial charge in [0, 0.05) is 23.8 Å². The lowest BCUT2D eigenvalue weighted by Gasteiger charge is -2.14. The maximum absolute atomic E-state index is 4.52. The summed E-state index contributed by atoms with van der Waals surface area (Å²) in [6.07, 6.45) is 5.11. The Hall–Kier alpha value is -1.36. The van der Waals surface area contributed by atoms with Gasteiger partial charge in [-0.25, -0.2) is 9.97 Å². The van der Waals surface area contributed by atoms with Crippen LogP contribution in [0.2, 0.25) is 0 Å². The van der Waals surface area contributed by atoms with Crippen LogP contribution in [-0.2, 0) is 6.42 Å². The third-order valence-electron chi connectivity index (χ3n) is 2.88. The van der Waals surface area contributed by atoms with Crippen molar-refractivity contribution in [1.29, 1.82) is 0 Å². The van der Waals surface area contributed by atoms with Gasteiger partial charge in [-0.3, -0.25) is 0 Å². The molecule has 0 aliphatic heterocycles. The summed E-state index contributed by atoms with van der Waals surface area (Å²) in [7, 11) is 0. The van der Waals surface area contributed by atoms with Crippen molar-refractivity contribution in [2.75, 3.05) is 11.9 Å². The first-order valence-electron chi connectivity index (χ1n) is 6.39. The van der Waals surface area contributed by atoms with E-state index in [4.69, 9.17) is 0 Å². The molecule has 0 spiro atoms.